The molecule has 0 aromatic carbocycles. The third-order valence-corrected chi connectivity index (χ3v) is 4.64. The summed E-state index contributed by atoms with van der Waals surface area (Å²) in [5.41, 5.74) is 0. The quantitative estimate of drug-likeness (QED) is 0.279. The molecule has 4 N–H and O–H groups in total. The summed E-state index contributed by atoms with van der Waals surface area (Å²) < 4.78 is 76.8. The molecule has 13 heteroatoms. The molecule has 0 bridgehead atoms. The summed E-state index contributed by atoms with van der Waals surface area (Å²) in [6.07, 6.45) is 0. The Morgan fingerprint density at radius 2 is 1.08 bits per heavy atom. The normalized spacial score (nSPS) is 12.1. The van der Waals surface area contributed by atoms with Crippen LogP contribution >= 0.6 is 9.83 Å². The van der Waals surface area contributed by atoms with Crippen molar-refractivity contribution < 1.29 is 39.3 Å². The van der Waals surface area contributed by atoms with Gasteiger partial charge in [-0.25, -0.2) is 0 Å². The van der Waals surface area contributed by atoms with Gasteiger partial charge in [0.1, 0.15) is 0 Å². The Bertz CT molecular complexity index is 307. The topological polar surface area (TPSA) is 166 Å². The zero-order chi connectivity index (χ0) is 11.3. The zero-order valence-corrected chi connectivity index (χ0v) is 8.73. The Hall–Kier alpha value is 0.240. The van der Waals surface area contributed by atoms with Crippen LogP contribution in [0.3, 0.4) is 0 Å². The minimum Gasteiger partial charge on any atom is -0.284 e. The summed E-state index contributed by atoms with van der Waals surface area (Å²) in [5.74, 6) is 0. The third kappa shape index (κ3) is 33.0. The highest BCUT2D eigenvalue weighted by molar-refractivity contribution is 9.02. The van der Waals surface area contributed by atoms with E-state index >= 15 is 0 Å². The summed E-state index contributed by atoms with van der Waals surface area (Å²) >= 11 is -2.61. The van der Waals surface area contributed by atoms with Crippen molar-refractivity contribution in [2.75, 3.05) is 0 Å². The van der Waals surface area contributed by atoms with Crippen LogP contribution in [0.2, 0.25) is 0 Å². The Kier molecular flexibility index (Phi) is 7.08. The largest absolute Gasteiger partial charge is 0.336 e. The highest BCUT2D eigenvalue weighted by Gasteiger charge is 2.17. The fraction of sp³-hybridized carbons (Fsp3) is 0. The van der Waals surface area contributed by atoms with E-state index in [-0.39, 0.29) is 0 Å². The molecule has 0 aliphatic heterocycles. The van der Waals surface area contributed by atoms with E-state index in [4.69, 9.17) is 22.4 Å². The van der Waals surface area contributed by atoms with Crippen LogP contribution in [0, 0.1) is 0 Å². The van der Waals surface area contributed by atoms with E-state index < -0.39 is 39.5 Å². The number of hydrogen-bond acceptors (Lipinski definition) is 6. The van der Waals surface area contributed by atoms with Gasteiger partial charge in [-0.3, -0.25) is 18.2 Å². The maximum atomic E-state index is 9.63. The minimum atomic E-state index is -4.70. The van der Waals surface area contributed by atoms with Gasteiger partial charge >= 0.3 is 18.3 Å². The lowest BCUT2D eigenvalue weighted by molar-refractivity contribution is 0.454. The molecule has 0 saturated heterocycles. The molecule has 0 fully saturated rings. The Balaban J connectivity index is 0. The molecule has 13 heavy (non-hydrogen) atoms. The highest BCUT2D eigenvalue weighted by atomic mass is 33.5. The minimum absolute atomic E-state index is 0.931. The summed E-state index contributed by atoms with van der Waals surface area (Å²) in [4.78, 5) is 0. The molecule has 0 rings (SSSR count). The van der Waals surface area contributed by atoms with E-state index in [9.17, 15) is 16.8 Å². The van der Waals surface area contributed by atoms with E-state index in [1.165, 1.54) is 0 Å². The standard InChI is InChI=1S/H2O6S3.H2O3S/c1-8(2,3)7-9(4,5)6;1-4(2)3/h(H,1,2,3)(H,4,5,6);(H2,1,2,3). The van der Waals surface area contributed by atoms with Crippen LogP contribution in [0.25, 0.3) is 0 Å². The van der Waals surface area contributed by atoms with Crippen LogP contribution in [-0.2, 0) is 29.7 Å². The molecular formula is H4O9S4. The average molecular weight is 276 g/mol. The number of rotatable bonds is 2. The predicted octanol–water partition coefficient (Wildman–Crippen LogP) is -0.994. The second-order valence-corrected chi connectivity index (χ2v) is 7.62. The molecule has 0 aliphatic rings. The van der Waals surface area contributed by atoms with Crippen molar-refractivity contribution in [2.24, 2.45) is 0 Å². The second-order valence-electron chi connectivity index (χ2n) is 1.15. The van der Waals surface area contributed by atoms with Gasteiger partial charge in [0, 0.05) is 0 Å². The molecule has 0 radical (unpaired) electrons. The van der Waals surface area contributed by atoms with Crippen molar-refractivity contribution in [3.05, 3.63) is 0 Å². The lowest BCUT2D eigenvalue weighted by Crippen LogP contribution is -1.97. The van der Waals surface area contributed by atoms with Crippen molar-refractivity contribution in [1.29, 1.82) is 0 Å². The van der Waals surface area contributed by atoms with Gasteiger partial charge in [0.2, 0.25) is 0 Å². The van der Waals surface area contributed by atoms with Gasteiger partial charge < -0.3 is 0 Å². The van der Waals surface area contributed by atoms with Crippen LogP contribution in [0.1, 0.15) is 0 Å². The molecule has 0 aromatic heterocycles. The lowest BCUT2D eigenvalue weighted by atomic mass is 15.8. The van der Waals surface area contributed by atoms with Crippen molar-refractivity contribution in [3.8, 4) is 0 Å². The number of hydrogen-bond donors (Lipinski definition) is 4. The fourth-order valence-electron chi connectivity index (χ4n) is 0.109. The van der Waals surface area contributed by atoms with E-state index in [0.717, 1.165) is 0 Å². The van der Waals surface area contributed by atoms with Crippen molar-refractivity contribution in [2.45, 2.75) is 0 Å². The summed E-state index contributed by atoms with van der Waals surface area (Å²) in [5, 5.41) is 0. The SMILES string of the molecule is O=S(=O)(O)SS(=O)(=O)O.O=S(O)O. The highest BCUT2D eigenvalue weighted by Crippen LogP contribution is 2.15. The van der Waals surface area contributed by atoms with Crippen LogP contribution < -0.4 is 0 Å². The monoisotopic (exact) mass is 276 g/mol. The van der Waals surface area contributed by atoms with Gasteiger partial charge in [-0.2, -0.15) is 21.0 Å². The first-order valence-electron chi connectivity index (χ1n) is 1.90. The molecule has 82 valence electrons. The Morgan fingerprint density at radius 3 is 1.08 bits per heavy atom. The van der Waals surface area contributed by atoms with Crippen molar-refractivity contribution in [3.63, 3.8) is 0 Å². The molecule has 0 spiro atoms. The van der Waals surface area contributed by atoms with Gasteiger partial charge in [-0.15, -0.1) is 0 Å². The van der Waals surface area contributed by atoms with Gasteiger partial charge in [0.15, 0.2) is 9.83 Å². The molecule has 0 atom stereocenters. The van der Waals surface area contributed by atoms with E-state index in [1.807, 2.05) is 0 Å². The average Bonchev–Trinajstić information content (AvgIpc) is 1.47. The van der Waals surface area contributed by atoms with Gasteiger partial charge in [-0.1, -0.05) is 0 Å². The fourth-order valence-corrected chi connectivity index (χ4v) is 2.93. The van der Waals surface area contributed by atoms with Gasteiger partial charge in [0.25, 0.3) is 11.4 Å². The van der Waals surface area contributed by atoms with Crippen LogP contribution in [0.15, 0.2) is 0 Å². The molecule has 0 saturated carbocycles. The van der Waals surface area contributed by atoms with Gasteiger partial charge in [-0.05, 0) is 0 Å². The van der Waals surface area contributed by atoms with Crippen molar-refractivity contribution in [1.82, 2.24) is 0 Å². The molecule has 0 aliphatic carbocycles. The first-order valence-corrected chi connectivity index (χ1v) is 7.69. The zero-order valence-electron chi connectivity index (χ0n) is 5.46. The first-order chi connectivity index (χ1) is 5.44. The van der Waals surface area contributed by atoms with Crippen molar-refractivity contribution >= 4 is 39.5 Å². The first kappa shape index (κ1) is 15.7. The van der Waals surface area contributed by atoms with Crippen LogP contribution in [-0.4, -0.2) is 39.3 Å². The molecule has 0 amide bonds. The third-order valence-electron chi connectivity index (χ3n) is 0.172. The maximum absolute atomic E-state index is 9.63. The Labute approximate surface area is 78.9 Å². The summed E-state index contributed by atoms with van der Waals surface area (Å²) in [7, 11) is -10.3. The summed E-state index contributed by atoms with van der Waals surface area (Å²) in [6, 6.07) is 0. The molecule has 0 aromatic rings. The lowest BCUT2D eigenvalue weighted by Gasteiger charge is -1.87. The van der Waals surface area contributed by atoms with Crippen LogP contribution in [0.5, 0.6) is 0 Å². The smallest absolute Gasteiger partial charge is 0.284 e. The second kappa shape index (κ2) is 5.86. The predicted molar refractivity (Wildman–Crippen MR) is 44.1 cm³/mol. The van der Waals surface area contributed by atoms with Crippen LogP contribution in [0.4, 0.5) is 0 Å². The van der Waals surface area contributed by atoms with Gasteiger partial charge in [0.05, 0.1) is 0 Å². The van der Waals surface area contributed by atoms with E-state index in [0.29, 0.717) is 0 Å². The van der Waals surface area contributed by atoms with E-state index in [2.05, 4.69) is 0 Å². The van der Waals surface area contributed by atoms with E-state index in [1.54, 1.807) is 0 Å². The molecule has 0 heterocycles. The molecule has 0 unspecified atom stereocenters. The Morgan fingerprint density at radius 1 is 0.923 bits per heavy atom. The maximum Gasteiger partial charge on any atom is 0.336 e. The molecular weight excluding hydrogens is 272 g/mol. The summed E-state index contributed by atoms with van der Waals surface area (Å²) in [6.45, 7) is 0. The molecule has 9 nitrogen and oxygen atoms in total.